The normalized spacial score (nSPS) is 26.2. The number of ether oxygens (including phenoxy) is 2. The number of carbonyl (C=O) groups is 2. The van der Waals surface area contributed by atoms with Gasteiger partial charge in [0.05, 0.1) is 30.4 Å². The fourth-order valence-corrected chi connectivity index (χ4v) is 7.39. The van der Waals surface area contributed by atoms with E-state index in [0.29, 0.717) is 42.6 Å². The van der Waals surface area contributed by atoms with Gasteiger partial charge in [0.15, 0.2) is 0 Å². The van der Waals surface area contributed by atoms with E-state index in [9.17, 15) is 9.59 Å². The number of nitrogens with zero attached hydrogens (tertiary/aromatic N) is 4. The molecule has 10 heteroatoms. The Kier molecular flexibility index (Phi) is 8.61. The second-order valence-electron chi connectivity index (χ2n) is 12.9. The van der Waals surface area contributed by atoms with Gasteiger partial charge in [-0.05, 0) is 50.7 Å². The molecular weight excluding hydrogens is 586 g/mol. The number of thiazole rings is 1. The van der Waals surface area contributed by atoms with Gasteiger partial charge in [-0.25, -0.2) is 14.8 Å². The van der Waals surface area contributed by atoms with Crippen molar-refractivity contribution in [1.82, 2.24) is 25.1 Å². The Labute approximate surface area is 269 Å². The van der Waals surface area contributed by atoms with Gasteiger partial charge in [-0.15, -0.1) is 11.3 Å². The molecule has 1 aliphatic carbocycles. The van der Waals surface area contributed by atoms with Gasteiger partial charge >= 0.3 is 6.03 Å². The summed E-state index contributed by atoms with van der Waals surface area (Å²) in [4.78, 5) is 40.9. The van der Waals surface area contributed by atoms with Gasteiger partial charge in [0.2, 0.25) is 5.91 Å². The van der Waals surface area contributed by atoms with Gasteiger partial charge in [-0.1, -0.05) is 38.2 Å². The number of pyridine rings is 1. The summed E-state index contributed by atoms with van der Waals surface area (Å²) in [6, 6.07) is 6.83. The van der Waals surface area contributed by atoms with Crippen LogP contribution in [0.4, 0.5) is 4.79 Å². The van der Waals surface area contributed by atoms with Crippen molar-refractivity contribution in [3.63, 3.8) is 0 Å². The van der Waals surface area contributed by atoms with Gasteiger partial charge in [0.1, 0.15) is 34.3 Å². The second-order valence-corrected chi connectivity index (χ2v) is 13.8. The summed E-state index contributed by atoms with van der Waals surface area (Å²) < 4.78 is 12.2. The second kappa shape index (κ2) is 12.5. The van der Waals surface area contributed by atoms with Gasteiger partial charge < -0.3 is 24.6 Å². The molecule has 238 valence electrons. The van der Waals surface area contributed by atoms with Crippen LogP contribution in [0, 0.1) is 5.92 Å². The molecule has 3 aliphatic rings. The van der Waals surface area contributed by atoms with E-state index < -0.39 is 17.7 Å². The number of allylic oxidation sites excluding steroid dienone is 1. The number of urea groups is 1. The summed E-state index contributed by atoms with van der Waals surface area (Å²) in [5.41, 5.74) is 2.93. The number of amides is 3. The molecule has 1 saturated heterocycles. The predicted molar refractivity (Wildman–Crippen MR) is 178 cm³/mol. The van der Waals surface area contributed by atoms with Crippen LogP contribution >= 0.6 is 11.3 Å². The number of benzene rings is 1. The van der Waals surface area contributed by atoms with Gasteiger partial charge in [-0.3, -0.25) is 4.79 Å². The Morgan fingerprint density at radius 2 is 2.02 bits per heavy atom. The highest BCUT2D eigenvalue weighted by molar-refractivity contribution is 7.13. The average molecular weight is 630 g/mol. The van der Waals surface area contributed by atoms with Crippen molar-refractivity contribution in [3.05, 3.63) is 59.6 Å². The summed E-state index contributed by atoms with van der Waals surface area (Å²) in [5, 5.41) is 7.01. The van der Waals surface area contributed by atoms with E-state index in [2.05, 4.69) is 43.3 Å². The summed E-state index contributed by atoms with van der Waals surface area (Å²) in [6.45, 7) is 11.4. The van der Waals surface area contributed by atoms with Crippen LogP contribution in [-0.2, 0) is 4.79 Å². The molecule has 4 atom stereocenters. The Hall–Kier alpha value is -3.92. The number of hydrogen-bond acceptors (Lipinski definition) is 7. The van der Waals surface area contributed by atoms with Crippen LogP contribution in [0.5, 0.6) is 11.5 Å². The zero-order valence-electron chi connectivity index (χ0n) is 26.8. The Morgan fingerprint density at radius 3 is 2.76 bits per heavy atom. The monoisotopic (exact) mass is 629 g/mol. The molecule has 1 saturated carbocycles. The number of rotatable bonds is 6. The lowest BCUT2D eigenvalue weighted by molar-refractivity contribution is -0.125. The molecule has 6 rings (SSSR count). The number of fused-ring (bicyclic) bond motifs is 3. The minimum atomic E-state index is -0.658. The number of hydrogen-bond donors (Lipinski definition) is 1. The quantitative estimate of drug-likeness (QED) is 0.311. The molecule has 4 heterocycles. The molecule has 0 spiro atoms. The maximum Gasteiger partial charge on any atom is 0.320 e. The van der Waals surface area contributed by atoms with E-state index in [4.69, 9.17) is 19.4 Å². The molecule has 9 nitrogen and oxygen atoms in total. The third-order valence-electron chi connectivity index (χ3n) is 9.35. The maximum absolute atomic E-state index is 14.0. The van der Waals surface area contributed by atoms with E-state index in [1.54, 1.807) is 28.2 Å². The van der Waals surface area contributed by atoms with Crippen molar-refractivity contribution >= 4 is 34.2 Å². The molecule has 2 aliphatic heterocycles. The van der Waals surface area contributed by atoms with E-state index in [1.807, 2.05) is 38.2 Å². The van der Waals surface area contributed by atoms with E-state index >= 15 is 0 Å². The molecular formula is C35H43N5O4S. The van der Waals surface area contributed by atoms with Gasteiger partial charge in [0.25, 0.3) is 0 Å². The Bertz CT molecular complexity index is 1650. The molecule has 0 unspecified atom stereocenters. The van der Waals surface area contributed by atoms with Crippen LogP contribution in [0.25, 0.3) is 21.6 Å². The lowest BCUT2D eigenvalue weighted by Crippen LogP contribution is -2.53. The maximum atomic E-state index is 14.0. The summed E-state index contributed by atoms with van der Waals surface area (Å²) in [5.74, 6) is 1.71. The molecule has 3 amide bonds. The SMILES string of the molecule is C=C(C)[C@@]12C[C@H]1/C=C\CCCCN(C)C(=O)N1C[C@H](Oc3cc(-c4nc(C(C)C)cs4)nc4cc(OC)ccc34)C[C@H]1C(=O)N2. The molecule has 1 aromatic carbocycles. The number of aromatic nitrogens is 2. The lowest BCUT2D eigenvalue weighted by atomic mass is 10.0. The van der Waals surface area contributed by atoms with E-state index in [-0.39, 0.29) is 17.9 Å². The third kappa shape index (κ3) is 6.17. The summed E-state index contributed by atoms with van der Waals surface area (Å²) >= 11 is 1.56. The first-order valence-corrected chi connectivity index (χ1v) is 16.7. The fraction of sp³-hybridized carbons (Fsp3) is 0.486. The minimum absolute atomic E-state index is 0.153. The van der Waals surface area contributed by atoms with Crippen LogP contribution < -0.4 is 14.8 Å². The van der Waals surface area contributed by atoms with Gasteiger partial charge in [0, 0.05) is 48.8 Å². The third-order valence-corrected chi connectivity index (χ3v) is 10.2. The highest BCUT2D eigenvalue weighted by atomic mass is 32.1. The smallest absolute Gasteiger partial charge is 0.320 e. The summed E-state index contributed by atoms with van der Waals surface area (Å²) in [6.07, 6.45) is 8.10. The molecule has 2 aromatic heterocycles. The zero-order valence-corrected chi connectivity index (χ0v) is 27.7. The zero-order chi connectivity index (χ0) is 31.9. The first kappa shape index (κ1) is 31.1. The van der Waals surface area contributed by atoms with E-state index in [1.165, 1.54) is 0 Å². The minimum Gasteiger partial charge on any atom is -0.497 e. The standard InChI is InChI=1S/C35H43N5O4S/c1-21(2)29-20-45-33(37-29)28-17-31(26-13-12-24(43-6)15-27(26)36-28)44-25-16-30-32(41)38-35(22(3)4)18-23(35)11-9-7-8-10-14-39(5)34(42)40(30)19-25/h9,11-13,15,17,20-21,23,25,30H,3,7-8,10,14,16,18-19H2,1-2,4-6H3,(H,38,41)/b11-9-/t23-,25-,30+,35+/m1/s1. The van der Waals surface area contributed by atoms with Crippen LogP contribution in [0.1, 0.15) is 64.5 Å². The summed E-state index contributed by atoms with van der Waals surface area (Å²) in [7, 11) is 3.45. The first-order chi connectivity index (χ1) is 21.6. The average Bonchev–Trinajstić information content (AvgIpc) is 3.33. The van der Waals surface area contributed by atoms with Crippen molar-refractivity contribution in [2.75, 3.05) is 27.2 Å². The largest absolute Gasteiger partial charge is 0.497 e. The molecule has 45 heavy (non-hydrogen) atoms. The van der Waals surface area contributed by atoms with Crippen LogP contribution in [0.15, 0.2) is 53.9 Å². The molecule has 0 radical (unpaired) electrons. The number of nitrogens with one attached hydrogen (secondary N) is 1. The van der Waals surface area contributed by atoms with Crippen molar-refractivity contribution in [3.8, 4) is 22.2 Å². The first-order valence-electron chi connectivity index (χ1n) is 15.9. The molecule has 1 N–H and O–H groups in total. The predicted octanol–water partition coefficient (Wildman–Crippen LogP) is 6.55. The topological polar surface area (TPSA) is 96.9 Å². The lowest BCUT2D eigenvalue weighted by Gasteiger charge is -2.30. The highest BCUT2D eigenvalue weighted by Crippen LogP contribution is 2.49. The molecule has 0 bridgehead atoms. The van der Waals surface area contributed by atoms with Crippen LogP contribution in [-0.4, -0.2) is 76.6 Å². The van der Waals surface area contributed by atoms with Crippen LogP contribution in [0.2, 0.25) is 0 Å². The van der Waals surface area contributed by atoms with Crippen LogP contribution in [0.3, 0.4) is 0 Å². The van der Waals surface area contributed by atoms with Crippen molar-refractivity contribution < 1.29 is 19.1 Å². The number of methoxy groups -OCH3 is 1. The highest BCUT2D eigenvalue weighted by Gasteiger charge is 2.56. The number of carbonyl (C=O) groups excluding carboxylic acids is 2. The molecule has 2 fully saturated rings. The van der Waals surface area contributed by atoms with Crippen molar-refractivity contribution in [1.29, 1.82) is 0 Å². The Morgan fingerprint density at radius 1 is 1.20 bits per heavy atom. The van der Waals surface area contributed by atoms with Crippen molar-refractivity contribution in [2.45, 2.75) is 76.5 Å². The van der Waals surface area contributed by atoms with Crippen molar-refractivity contribution in [2.24, 2.45) is 5.92 Å². The van der Waals surface area contributed by atoms with Gasteiger partial charge in [-0.2, -0.15) is 0 Å². The molecule has 3 aromatic rings. The Balaban J connectivity index is 1.33. The van der Waals surface area contributed by atoms with E-state index in [0.717, 1.165) is 52.9 Å². The fourth-order valence-electron chi connectivity index (χ4n) is 6.45.